The van der Waals surface area contributed by atoms with E-state index in [1.807, 2.05) is 0 Å². The lowest BCUT2D eigenvalue weighted by molar-refractivity contribution is 0.394. The molecule has 0 fully saturated rings. The van der Waals surface area contributed by atoms with Crippen molar-refractivity contribution >= 4 is 99.5 Å². The fourth-order valence-corrected chi connectivity index (χ4v) is 22.9. The molecule has 2 aromatic heterocycles. The number of fused-ring (bicyclic) bond motifs is 22. The molecule has 598 valence electrons. The van der Waals surface area contributed by atoms with Crippen molar-refractivity contribution in [3.05, 3.63) is 287 Å². The molecule has 2 heterocycles. The van der Waals surface area contributed by atoms with Crippen molar-refractivity contribution in [2.45, 2.75) is 257 Å². The molecule has 0 amide bonds. The number of furan rings is 2. The predicted molar refractivity (Wildman–Crippen MR) is 505 cm³/mol. The van der Waals surface area contributed by atoms with Crippen molar-refractivity contribution in [3.63, 3.8) is 0 Å². The Hall–Kier alpha value is -10.4. The molecule has 4 aliphatic carbocycles. The zero-order valence-electron chi connectivity index (χ0n) is 71.6. The van der Waals surface area contributed by atoms with Gasteiger partial charge in [0, 0.05) is 65.4 Å². The number of rotatable bonds is 34. The van der Waals surface area contributed by atoms with E-state index in [4.69, 9.17) is 8.83 Å². The Morgan fingerprint density at radius 1 is 0.229 bits per heavy atom. The maximum atomic E-state index is 6.99. The van der Waals surface area contributed by atoms with Crippen molar-refractivity contribution in [3.8, 4) is 44.5 Å². The van der Waals surface area contributed by atoms with Crippen LogP contribution in [0.2, 0.25) is 0 Å². The summed E-state index contributed by atoms with van der Waals surface area (Å²) >= 11 is 0. The average molecular weight is 1550 g/mol. The van der Waals surface area contributed by atoms with Gasteiger partial charge in [0.15, 0.2) is 11.2 Å². The van der Waals surface area contributed by atoms with Gasteiger partial charge < -0.3 is 18.6 Å². The highest BCUT2D eigenvalue weighted by atomic mass is 16.3. The van der Waals surface area contributed by atoms with E-state index in [1.54, 1.807) is 22.3 Å². The molecule has 0 N–H and O–H groups in total. The fourth-order valence-electron chi connectivity index (χ4n) is 22.9. The van der Waals surface area contributed by atoms with Crippen molar-refractivity contribution in [2.24, 2.45) is 0 Å². The van der Waals surface area contributed by atoms with Gasteiger partial charge in [0.25, 0.3) is 0 Å². The van der Waals surface area contributed by atoms with E-state index in [-0.39, 0.29) is 21.7 Å². The summed E-state index contributed by atoms with van der Waals surface area (Å²) in [6, 6.07) is 94.0. The zero-order chi connectivity index (χ0) is 80.3. The maximum absolute atomic E-state index is 6.99. The Morgan fingerprint density at radius 2 is 0.508 bits per heavy atom. The van der Waals surface area contributed by atoms with Gasteiger partial charge in [-0.15, -0.1) is 0 Å². The van der Waals surface area contributed by atoms with Gasteiger partial charge >= 0.3 is 0 Å². The lowest BCUT2D eigenvalue weighted by Crippen LogP contribution is -2.27. The van der Waals surface area contributed by atoms with Gasteiger partial charge in [-0.1, -0.05) is 355 Å². The lowest BCUT2D eigenvalue weighted by Gasteiger charge is -2.35. The minimum atomic E-state index is -0.348. The molecule has 13 aromatic carbocycles. The topological polar surface area (TPSA) is 32.8 Å². The summed E-state index contributed by atoms with van der Waals surface area (Å²) in [5.74, 6) is 0. The van der Waals surface area contributed by atoms with Gasteiger partial charge in [-0.3, -0.25) is 0 Å². The number of hydrogen-bond acceptors (Lipinski definition) is 4. The van der Waals surface area contributed by atoms with Crippen LogP contribution in [0.1, 0.15) is 280 Å². The average Bonchev–Trinajstić information content (AvgIpc) is 1.50. The second-order valence-electron chi connectivity index (χ2n) is 36.9. The molecule has 4 nitrogen and oxygen atoms in total. The highest BCUT2D eigenvalue weighted by Gasteiger charge is 2.52. The molecule has 19 rings (SSSR count). The number of benzene rings is 13. The van der Waals surface area contributed by atoms with E-state index in [1.165, 1.54) is 254 Å². The van der Waals surface area contributed by atoms with Crippen molar-refractivity contribution in [2.75, 3.05) is 9.80 Å². The van der Waals surface area contributed by atoms with E-state index in [0.29, 0.717) is 0 Å². The summed E-state index contributed by atoms with van der Waals surface area (Å²) in [6.07, 6.45) is 35.3. The van der Waals surface area contributed by atoms with Crippen LogP contribution in [0.3, 0.4) is 0 Å². The van der Waals surface area contributed by atoms with E-state index < -0.39 is 0 Å². The van der Waals surface area contributed by atoms with Crippen LogP contribution in [-0.4, -0.2) is 0 Å². The lowest BCUT2D eigenvalue weighted by atomic mass is 9.68. The SMILES string of the molecule is CCCCCCCCC1(CCCCCCCC)c2cc3c(cc2-c2cc4c(cc21)-c1cc2c(cc1C4(CCCCCCCC)CCCCCCCC)-c1c(cc(N(c4ccccc4)c4cccc5c4oc4ccccc45)c4ccccc14)C2(C)C)C(C)(C)c1cc(N(c2ccccc2)c2cccc4c2oc2ccccc24)c2ccccc2c1-3. The van der Waals surface area contributed by atoms with Gasteiger partial charge in [-0.2, -0.15) is 0 Å². The Bertz CT molecular complexity index is 5830. The molecule has 118 heavy (non-hydrogen) atoms. The summed E-state index contributed by atoms with van der Waals surface area (Å²) in [5.41, 5.74) is 33.1. The number of nitrogens with zero attached hydrogens (tertiary/aromatic N) is 2. The monoisotopic (exact) mass is 1550 g/mol. The first kappa shape index (κ1) is 77.5. The summed E-state index contributed by atoms with van der Waals surface area (Å²) in [6.45, 7) is 19.7. The van der Waals surface area contributed by atoms with Crippen LogP contribution in [0.25, 0.3) is 110 Å². The van der Waals surface area contributed by atoms with Crippen LogP contribution >= 0.6 is 0 Å². The summed E-state index contributed by atoms with van der Waals surface area (Å²) in [5, 5.41) is 9.66. The summed E-state index contributed by atoms with van der Waals surface area (Å²) < 4.78 is 14.0. The molecule has 0 saturated carbocycles. The normalized spacial score (nSPS) is 14.6. The molecule has 15 aromatic rings. The summed E-state index contributed by atoms with van der Waals surface area (Å²) in [4.78, 5) is 5.02. The van der Waals surface area contributed by atoms with Crippen LogP contribution < -0.4 is 9.80 Å². The Balaban J connectivity index is 0.825. The molecule has 0 atom stereocenters. The first-order valence-electron chi connectivity index (χ1n) is 46.1. The fraction of sp³-hybridized carbons (Fsp3) is 0.351. The van der Waals surface area contributed by atoms with Crippen molar-refractivity contribution in [1.29, 1.82) is 0 Å². The third kappa shape index (κ3) is 13.0. The molecule has 0 bridgehead atoms. The molecule has 0 spiro atoms. The molecule has 4 aliphatic rings. The Labute approximate surface area is 702 Å². The highest BCUT2D eigenvalue weighted by Crippen LogP contribution is 2.67. The molecular weight excluding hydrogens is 1430 g/mol. The van der Waals surface area contributed by atoms with E-state index in [2.05, 4.69) is 308 Å². The van der Waals surface area contributed by atoms with E-state index >= 15 is 0 Å². The van der Waals surface area contributed by atoms with Gasteiger partial charge in [-0.05, 0) is 223 Å². The molecule has 0 radical (unpaired) electrons. The van der Waals surface area contributed by atoms with Crippen LogP contribution in [0, 0.1) is 0 Å². The second-order valence-corrected chi connectivity index (χ2v) is 36.9. The van der Waals surface area contributed by atoms with Crippen LogP contribution in [0.4, 0.5) is 34.1 Å². The quantitative estimate of drug-likeness (QED) is 0.0376. The van der Waals surface area contributed by atoms with Crippen LogP contribution in [-0.2, 0) is 21.7 Å². The summed E-state index contributed by atoms with van der Waals surface area (Å²) in [7, 11) is 0. The smallest absolute Gasteiger partial charge is 0.159 e. The van der Waals surface area contributed by atoms with Crippen molar-refractivity contribution < 1.29 is 8.83 Å². The number of anilines is 6. The Kier molecular flexibility index (Phi) is 21.3. The largest absolute Gasteiger partial charge is 0.454 e. The highest BCUT2D eigenvalue weighted by molar-refractivity contribution is 6.17. The third-order valence-electron chi connectivity index (χ3n) is 29.0. The molecular formula is C114H120N2O2. The zero-order valence-corrected chi connectivity index (χ0v) is 71.6. The molecule has 4 heteroatoms. The van der Waals surface area contributed by atoms with E-state index in [0.717, 1.165) is 92.3 Å². The minimum absolute atomic E-state index is 0.189. The number of hydrogen-bond donors (Lipinski definition) is 0. The second kappa shape index (κ2) is 32.4. The van der Waals surface area contributed by atoms with Gasteiger partial charge in [0.1, 0.15) is 11.2 Å². The third-order valence-corrected chi connectivity index (χ3v) is 29.0. The van der Waals surface area contributed by atoms with Gasteiger partial charge in [0.05, 0.1) is 22.7 Å². The van der Waals surface area contributed by atoms with Gasteiger partial charge in [0.2, 0.25) is 0 Å². The number of unbranched alkanes of at least 4 members (excludes halogenated alkanes) is 20. The van der Waals surface area contributed by atoms with Crippen molar-refractivity contribution in [1.82, 2.24) is 0 Å². The predicted octanol–water partition coefficient (Wildman–Crippen LogP) is 34.9. The minimum Gasteiger partial charge on any atom is -0.454 e. The van der Waals surface area contributed by atoms with Gasteiger partial charge in [-0.25, -0.2) is 0 Å². The standard InChI is InChI=1S/C114H120N2O2/c1-9-13-17-21-25-43-65-113(66-44-26-22-18-14-10-2)95-71-90-88-70-94-92(108-84-58-38-36-54-80(84)104(76-100(108)112(94,7)8)116(78-51-33-30-34-52-78)102-62-48-60-86-82-56-40-42-64-106(82)118-110(86)102)74-98(88)114(67-45-27-23-19-15-11-3,68-46-28-24-20-16-12-4)96(90)72-89(95)87-69-93-91(73-97(87)113)107-83-57-37-35-53-79(83)103(75-99(107)111(93,5)6)115(77-49-31-29-32-50-77)101-61-47-59-85-81-55-39-41-63-105(81)117-109(85)101/h29-42,47-64,69-76H,9-28,43-46,65-68H2,1-8H3. The molecule has 0 saturated heterocycles. The number of para-hydroxylation sites is 6. The van der Waals surface area contributed by atoms with Crippen LogP contribution in [0.5, 0.6) is 0 Å². The molecule has 0 aliphatic heterocycles. The first-order valence-corrected chi connectivity index (χ1v) is 46.1. The first-order chi connectivity index (χ1) is 57.9. The maximum Gasteiger partial charge on any atom is 0.159 e. The van der Waals surface area contributed by atoms with Crippen LogP contribution in [0.15, 0.2) is 251 Å². The Morgan fingerprint density at radius 3 is 0.856 bits per heavy atom. The van der Waals surface area contributed by atoms with E-state index in [9.17, 15) is 0 Å². The molecule has 0 unspecified atom stereocenters.